The van der Waals surface area contributed by atoms with E-state index in [0.717, 1.165) is 30.3 Å². The second kappa shape index (κ2) is 6.65. The van der Waals surface area contributed by atoms with Crippen molar-refractivity contribution >= 4 is 28.8 Å². The number of nitrogens with zero attached hydrogens (tertiary/aromatic N) is 1. The largest absolute Gasteiger partial charge is 0.359 e. The summed E-state index contributed by atoms with van der Waals surface area (Å²) in [6.07, 6.45) is 1.76. The van der Waals surface area contributed by atoms with Crippen LogP contribution in [0.15, 0.2) is 12.1 Å². The summed E-state index contributed by atoms with van der Waals surface area (Å²) in [6, 6.07) is 4.17. The van der Waals surface area contributed by atoms with Crippen LogP contribution < -0.4 is 11.1 Å². The van der Waals surface area contributed by atoms with Crippen LogP contribution in [0.1, 0.15) is 37.6 Å². The molecule has 0 radical (unpaired) electrons. The molecule has 6 heteroatoms. The molecule has 2 heterocycles. The molecular weight excluding hydrogens is 306 g/mol. The van der Waals surface area contributed by atoms with E-state index in [2.05, 4.69) is 23.2 Å². The lowest BCUT2D eigenvalue weighted by atomic mass is 9.88. The van der Waals surface area contributed by atoms with Gasteiger partial charge in [-0.15, -0.1) is 11.3 Å². The number of thiophene rings is 1. The number of halogens is 1. The first-order chi connectivity index (χ1) is 9.91. The first-order valence-corrected chi connectivity index (χ1v) is 8.57. The van der Waals surface area contributed by atoms with E-state index in [1.807, 2.05) is 13.0 Å². The summed E-state index contributed by atoms with van der Waals surface area (Å²) in [5.41, 5.74) is 6.03. The molecule has 3 N–H and O–H groups in total. The third-order valence-electron chi connectivity index (χ3n) is 4.43. The van der Waals surface area contributed by atoms with Crippen molar-refractivity contribution in [2.24, 2.45) is 11.1 Å². The van der Waals surface area contributed by atoms with Gasteiger partial charge in [0.1, 0.15) is 0 Å². The van der Waals surface area contributed by atoms with E-state index in [-0.39, 0.29) is 23.4 Å². The first-order valence-electron chi connectivity index (χ1n) is 7.38. The summed E-state index contributed by atoms with van der Waals surface area (Å²) < 4.78 is 0.784. The van der Waals surface area contributed by atoms with Crippen LogP contribution in [0.3, 0.4) is 0 Å². The van der Waals surface area contributed by atoms with Crippen LogP contribution in [0.5, 0.6) is 0 Å². The van der Waals surface area contributed by atoms with E-state index in [1.165, 1.54) is 4.88 Å². The SMILES string of the molecule is CCC(N)C(c1ccc(Cl)s1)N1CCC(C)(C(=O)NC)C1. The molecule has 1 saturated heterocycles. The van der Waals surface area contributed by atoms with Crippen molar-refractivity contribution in [1.29, 1.82) is 0 Å². The maximum atomic E-state index is 12.1. The Morgan fingerprint density at radius 3 is 2.86 bits per heavy atom. The number of amides is 1. The van der Waals surface area contributed by atoms with Crippen molar-refractivity contribution in [3.8, 4) is 0 Å². The van der Waals surface area contributed by atoms with Gasteiger partial charge >= 0.3 is 0 Å². The molecule has 0 saturated carbocycles. The van der Waals surface area contributed by atoms with E-state index in [1.54, 1.807) is 18.4 Å². The van der Waals surface area contributed by atoms with Crippen LogP contribution in [0.2, 0.25) is 4.34 Å². The average molecular weight is 330 g/mol. The molecular formula is C15H24ClN3OS. The number of nitrogens with two attached hydrogens (primary N) is 1. The molecule has 118 valence electrons. The third kappa shape index (κ3) is 3.42. The highest BCUT2D eigenvalue weighted by atomic mass is 35.5. The van der Waals surface area contributed by atoms with E-state index in [9.17, 15) is 4.79 Å². The highest BCUT2D eigenvalue weighted by Gasteiger charge is 2.43. The summed E-state index contributed by atoms with van der Waals surface area (Å²) >= 11 is 7.67. The lowest BCUT2D eigenvalue weighted by Gasteiger charge is -2.32. The monoisotopic (exact) mass is 329 g/mol. The third-order valence-corrected chi connectivity index (χ3v) is 5.74. The number of likely N-dealkylation sites (tertiary alicyclic amines) is 1. The van der Waals surface area contributed by atoms with Gasteiger partial charge in [-0.05, 0) is 38.4 Å². The first kappa shape index (κ1) is 16.7. The Morgan fingerprint density at radius 1 is 1.62 bits per heavy atom. The van der Waals surface area contributed by atoms with Gasteiger partial charge in [0.2, 0.25) is 5.91 Å². The standard InChI is InChI=1S/C15H24ClN3OS/c1-4-10(17)13(11-5-6-12(16)21-11)19-8-7-15(2,9-19)14(20)18-3/h5-6,10,13H,4,7-9,17H2,1-3H3,(H,18,20). The Labute approximate surface area is 135 Å². The fourth-order valence-electron chi connectivity index (χ4n) is 3.09. The number of hydrogen-bond donors (Lipinski definition) is 2. The Balaban J connectivity index is 2.22. The topological polar surface area (TPSA) is 58.4 Å². The van der Waals surface area contributed by atoms with Gasteiger partial charge in [0.15, 0.2) is 0 Å². The zero-order valence-electron chi connectivity index (χ0n) is 12.9. The van der Waals surface area contributed by atoms with Gasteiger partial charge in [0.05, 0.1) is 15.8 Å². The van der Waals surface area contributed by atoms with Gasteiger partial charge in [-0.1, -0.05) is 18.5 Å². The molecule has 2 rings (SSSR count). The molecule has 21 heavy (non-hydrogen) atoms. The molecule has 1 fully saturated rings. The zero-order valence-corrected chi connectivity index (χ0v) is 14.4. The van der Waals surface area contributed by atoms with Gasteiger partial charge < -0.3 is 11.1 Å². The lowest BCUT2D eigenvalue weighted by Crippen LogP contribution is -2.43. The summed E-state index contributed by atoms with van der Waals surface area (Å²) in [6.45, 7) is 5.75. The van der Waals surface area contributed by atoms with Gasteiger partial charge in [0, 0.05) is 24.5 Å². The van der Waals surface area contributed by atoms with Crippen LogP contribution >= 0.6 is 22.9 Å². The highest BCUT2D eigenvalue weighted by molar-refractivity contribution is 7.16. The van der Waals surface area contributed by atoms with Crippen molar-refractivity contribution in [2.45, 2.75) is 38.8 Å². The van der Waals surface area contributed by atoms with Gasteiger partial charge in [-0.25, -0.2) is 0 Å². The van der Waals surface area contributed by atoms with E-state index in [4.69, 9.17) is 17.3 Å². The summed E-state index contributed by atoms with van der Waals surface area (Å²) in [4.78, 5) is 15.6. The zero-order chi connectivity index (χ0) is 15.6. The Hall–Kier alpha value is -0.620. The second-order valence-corrected chi connectivity index (χ2v) is 7.77. The van der Waals surface area contributed by atoms with Gasteiger partial charge in [0.25, 0.3) is 0 Å². The molecule has 1 aromatic heterocycles. The highest BCUT2D eigenvalue weighted by Crippen LogP contribution is 2.39. The number of nitrogens with one attached hydrogen (secondary N) is 1. The van der Waals surface area contributed by atoms with Gasteiger partial charge in [-0.2, -0.15) is 0 Å². The maximum absolute atomic E-state index is 12.1. The molecule has 3 unspecified atom stereocenters. The van der Waals surface area contributed by atoms with Crippen molar-refractivity contribution in [2.75, 3.05) is 20.1 Å². The van der Waals surface area contributed by atoms with E-state index >= 15 is 0 Å². The Morgan fingerprint density at radius 2 is 2.33 bits per heavy atom. The molecule has 0 bridgehead atoms. The fourth-order valence-corrected chi connectivity index (χ4v) is 4.37. The summed E-state index contributed by atoms with van der Waals surface area (Å²) in [5, 5.41) is 2.78. The van der Waals surface area contributed by atoms with Crippen LogP contribution in [-0.2, 0) is 4.79 Å². The predicted octanol–water partition coefficient (Wildman–Crippen LogP) is 2.64. The number of hydrogen-bond acceptors (Lipinski definition) is 4. The second-order valence-electron chi connectivity index (χ2n) is 6.02. The van der Waals surface area contributed by atoms with E-state index < -0.39 is 0 Å². The lowest BCUT2D eigenvalue weighted by molar-refractivity contribution is -0.129. The smallest absolute Gasteiger partial charge is 0.227 e. The molecule has 1 amide bonds. The van der Waals surface area contributed by atoms with Crippen LogP contribution in [0, 0.1) is 5.41 Å². The minimum atomic E-state index is -0.332. The maximum Gasteiger partial charge on any atom is 0.227 e. The molecule has 1 aromatic rings. The Bertz CT molecular complexity index is 507. The van der Waals surface area contributed by atoms with Crippen LogP contribution in [-0.4, -0.2) is 37.0 Å². The summed E-state index contributed by atoms with van der Waals surface area (Å²) in [7, 11) is 1.70. The fraction of sp³-hybridized carbons (Fsp3) is 0.667. The number of carbonyl (C=O) groups excluding carboxylic acids is 1. The van der Waals surface area contributed by atoms with Crippen molar-refractivity contribution in [3.05, 3.63) is 21.3 Å². The summed E-state index contributed by atoms with van der Waals surface area (Å²) in [5.74, 6) is 0.109. The van der Waals surface area contributed by atoms with Crippen LogP contribution in [0.4, 0.5) is 0 Å². The molecule has 0 aromatic carbocycles. The normalized spacial score (nSPS) is 25.8. The molecule has 0 spiro atoms. The van der Waals surface area contributed by atoms with Crippen molar-refractivity contribution in [1.82, 2.24) is 10.2 Å². The van der Waals surface area contributed by atoms with Crippen molar-refractivity contribution < 1.29 is 4.79 Å². The quantitative estimate of drug-likeness (QED) is 0.873. The average Bonchev–Trinajstić information content (AvgIpc) is 3.06. The molecule has 1 aliphatic heterocycles. The number of carbonyl (C=O) groups is 1. The number of rotatable bonds is 5. The van der Waals surface area contributed by atoms with Crippen LogP contribution in [0.25, 0.3) is 0 Å². The minimum absolute atomic E-state index is 0.0479. The van der Waals surface area contributed by atoms with Crippen molar-refractivity contribution in [3.63, 3.8) is 0 Å². The Kier molecular flexibility index (Phi) is 5.30. The van der Waals surface area contributed by atoms with E-state index in [0.29, 0.717) is 0 Å². The molecule has 3 atom stereocenters. The minimum Gasteiger partial charge on any atom is -0.359 e. The molecule has 4 nitrogen and oxygen atoms in total. The predicted molar refractivity (Wildman–Crippen MR) is 88.7 cm³/mol. The molecule has 1 aliphatic rings. The molecule has 0 aliphatic carbocycles. The van der Waals surface area contributed by atoms with Gasteiger partial charge in [-0.3, -0.25) is 9.69 Å².